The van der Waals surface area contributed by atoms with Gasteiger partial charge in [0, 0.05) is 5.56 Å². The van der Waals surface area contributed by atoms with E-state index in [0.29, 0.717) is 0 Å². The Balaban J connectivity index is 1.97. The summed E-state index contributed by atoms with van der Waals surface area (Å²) in [5.74, 6) is -2.13. The van der Waals surface area contributed by atoms with Crippen molar-refractivity contribution in [3.63, 3.8) is 0 Å². The van der Waals surface area contributed by atoms with Crippen LogP contribution in [0.25, 0.3) is 0 Å². The number of allylic oxidation sites excluding steroid dienone is 1. The number of ether oxygens (including phenoxy) is 1. The maximum absolute atomic E-state index is 13.9. The highest BCUT2D eigenvalue weighted by molar-refractivity contribution is 5.83. The summed E-state index contributed by atoms with van der Waals surface area (Å²) in [6.07, 6.45) is 7.73. The molecular formula is C21H22F2N2O. The number of hydrogen-bond acceptors (Lipinski definition) is 3. The third-order valence-corrected chi connectivity index (χ3v) is 3.70. The summed E-state index contributed by atoms with van der Waals surface area (Å²) in [7, 11) is 0. The van der Waals surface area contributed by atoms with Crippen LogP contribution in [0.15, 0.2) is 59.3 Å². The first-order valence-corrected chi connectivity index (χ1v) is 8.52. The SMILES string of the molecule is C=CCCCc1ccc(/C=N/N=C\c2ccc(OCC)c(F)c2F)cc1. The Labute approximate surface area is 152 Å². The number of benzene rings is 2. The molecule has 0 atom stereocenters. The van der Waals surface area contributed by atoms with Crippen molar-refractivity contribution < 1.29 is 13.5 Å². The quantitative estimate of drug-likeness (QED) is 0.259. The van der Waals surface area contributed by atoms with Crippen molar-refractivity contribution in [1.29, 1.82) is 0 Å². The molecule has 2 aromatic rings. The molecule has 0 radical (unpaired) electrons. The molecule has 0 bridgehead atoms. The minimum Gasteiger partial charge on any atom is -0.491 e. The van der Waals surface area contributed by atoms with E-state index in [4.69, 9.17) is 4.74 Å². The molecule has 2 rings (SSSR count). The zero-order valence-corrected chi connectivity index (χ0v) is 14.8. The van der Waals surface area contributed by atoms with Crippen molar-refractivity contribution >= 4 is 12.4 Å². The van der Waals surface area contributed by atoms with Crippen LogP contribution in [0.5, 0.6) is 5.75 Å². The number of aryl methyl sites for hydroxylation is 1. The normalized spacial score (nSPS) is 11.3. The maximum Gasteiger partial charge on any atom is 0.201 e. The van der Waals surface area contributed by atoms with Crippen molar-refractivity contribution in [2.24, 2.45) is 10.2 Å². The van der Waals surface area contributed by atoms with Crippen molar-refractivity contribution in [3.8, 4) is 5.75 Å². The monoisotopic (exact) mass is 356 g/mol. The Bertz CT molecular complexity index is 783. The van der Waals surface area contributed by atoms with Gasteiger partial charge in [-0.3, -0.25) is 0 Å². The first kappa shape index (κ1) is 19.5. The number of hydrogen-bond donors (Lipinski definition) is 0. The smallest absolute Gasteiger partial charge is 0.201 e. The minimum atomic E-state index is -1.02. The van der Waals surface area contributed by atoms with Gasteiger partial charge in [0.2, 0.25) is 5.82 Å². The van der Waals surface area contributed by atoms with Crippen LogP contribution in [0, 0.1) is 11.6 Å². The van der Waals surface area contributed by atoms with Gasteiger partial charge in [-0.25, -0.2) is 4.39 Å². The minimum absolute atomic E-state index is 0.0145. The topological polar surface area (TPSA) is 34.0 Å². The van der Waals surface area contributed by atoms with Gasteiger partial charge in [0.25, 0.3) is 0 Å². The molecule has 0 amide bonds. The zero-order chi connectivity index (χ0) is 18.8. The molecule has 0 spiro atoms. The van der Waals surface area contributed by atoms with Crippen LogP contribution in [0.1, 0.15) is 36.5 Å². The van der Waals surface area contributed by atoms with Crippen LogP contribution in [-0.2, 0) is 6.42 Å². The van der Waals surface area contributed by atoms with Gasteiger partial charge < -0.3 is 4.74 Å². The van der Waals surface area contributed by atoms with Crippen LogP contribution in [0.3, 0.4) is 0 Å². The molecule has 0 aliphatic carbocycles. The van der Waals surface area contributed by atoms with Crippen LogP contribution in [0.2, 0.25) is 0 Å². The third-order valence-electron chi connectivity index (χ3n) is 3.70. The molecule has 0 saturated heterocycles. The van der Waals surface area contributed by atoms with Gasteiger partial charge in [-0.1, -0.05) is 30.3 Å². The summed E-state index contributed by atoms with van der Waals surface area (Å²) in [5.41, 5.74) is 2.15. The van der Waals surface area contributed by atoms with Crippen LogP contribution < -0.4 is 4.74 Å². The van der Waals surface area contributed by atoms with Crippen molar-refractivity contribution in [1.82, 2.24) is 0 Å². The molecule has 0 saturated carbocycles. The van der Waals surface area contributed by atoms with E-state index in [9.17, 15) is 8.78 Å². The predicted molar refractivity (Wildman–Crippen MR) is 102 cm³/mol. The molecule has 0 aliphatic heterocycles. The van der Waals surface area contributed by atoms with E-state index in [2.05, 4.69) is 16.8 Å². The fraction of sp³-hybridized carbons (Fsp3) is 0.238. The van der Waals surface area contributed by atoms with Crippen LogP contribution in [0.4, 0.5) is 8.78 Å². The van der Waals surface area contributed by atoms with Gasteiger partial charge in [-0.05, 0) is 49.4 Å². The molecular weight excluding hydrogens is 334 g/mol. The van der Waals surface area contributed by atoms with E-state index in [0.717, 1.165) is 24.8 Å². The van der Waals surface area contributed by atoms with E-state index >= 15 is 0 Å². The highest BCUT2D eigenvalue weighted by Gasteiger charge is 2.12. The summed E-state index contributed by atoms with van der Waals surface area (Å²) in [6.45, 7) is 5.68. The van der Waals surface area contributed by atoms with Crippen molar-refractivity contribution in [3.05, 3.63) is 77.4 Å². The molecule has 5 heteroatoms. The fourth-order valence-electron chi connectivity index (χ4n) is 2.33. The van der Waals surface area contributed by atoms with Gasteiger partial charge >= 0.3 is 0 Å². The van der Waals surface area contributed by atoms with Gasteiger partial charge in [-0.15, -0.1) is 6.58 Å². The van der Waals surface area contributed by atoms with E-state index < -0.39 is 11.6 Å². The summed E-state index contributed by atoms with van der Waals surface area (Å²) in [6, 6.07) is 10.7. The first-order chi connectivity index (χ1) is 12.7. The number of unbranched alkanes of at least 4 members (excludes halogenated alkanes) is 1. The van der Waals surface area contributed by atoms with Gasteiger partial charge in [0.05, 0.1) is 19.0 Å². The van der Waals surface area contributed by atoms with Crippen molar-refractivity contribution in [2.45, 2.75) is 26.2 Å². The molecule has 2 aromatic carbocycles. The summed E-state index contributed by atoms with van der Waals surface area (Å²) in [5, 5.41) is 7.67. The molecule has 0 heterocycles. The number of halogens is 2. The molecule has 0 aromatic heterocycles. The lowest BCUT2D eigenvalue weighted by Gasteiger charge is -2.05. The first-order valence-electron chi connectivity index (χ1n) is 8.52. The predicted octanol–water partition coefficient (Wildman–Crippen LogP) is 5.33. The molecule has 0 unspecified atom stereocenters. The highest BCUT2D eigenvalue weighted by Crippen LogP contribution is 2.21. The Morgan fingerprint density at radius 3 is 2.42 bits per heavy atom. The Kier molecular flexibility index (Phi) is 7.68. The van der Waals surface area contributed by atoms with Gasteiger partial charge in [0.15, 0.2) is 11.6 Å². The Morgan fingerprint density at radius 1 is 1.00 bits per heavy atom. The lowest BCUT2D eigenvalue weighted by molar-refractivity contribution is 0.314. The van der Waals surface area contributed by atoms with Crippen LogP contribution in [-0.4, -0.2) is 19.0 Å². The van der Waals surface area contributed by atoms with E-state index in [1.807, 2.05) is 30.3 Å². The number of nitrogens with zero attached hydrogens (tertiary/aromatic N) is 2. The average molecular weight is 356 g/mol. The molecule has 0 fully saturated rings. The van der Waals surface area contributed by atoms with E-state index in [1.54, 1.807) is 13.1 Å². The second-order valence-corrected chi connectivity index (χ2v) is 5.63. The number of rotatable bonds is 9. The average Bonchev–Trinajstić information content (AvgIpc) is 2.65. The second kappa shape index (κ2) is 10.2. The van der Waals surface area contributed by atoms with E-state index in [-0.39, 0.29) is 17.9 Å². The van der Waals surface area contributed by atoms with Gasteiger partial charge in [-0.2, -0.15) is 14.6 Å². The fourth-order valence-corrected chi connectivity index (χ4v) is 2.33. The standard InChI is InChI=1S/C21H22F2N2O/c1-3-5-6-7-16-8-10-17(11-9-16)14-24-25-15-18-12-13-19(26-4-2)21(23)20(18)22/h3,8-15H,1,4-7H2,2H3/b24-14+,25-15-. The van der Waals surface area contributed by atoms with Crippen molar-refractivity contribution in [2.75, 3.05) is 6.61 Å². The largest absolute Gasteiger partial charge is 0.491 e. The van der Waals surface area contributed by atoms with Crippen LogP contribution >= 0.6 is 0 Å². The molecule has 26 heavy (non-hydrogen) atoms. The van der Waals surface area contributed by atoms with Gasteiger partial charge in [0.1, 0.15) is 0 Å². The maximum atomic E-state index is 13.9. The van der Waals surface area contributed by atoms with E-state index in [1.165, 1.54) is 23.9 Å². The summed E-state index contributed by atoms with van der Waals surface area (Å²) in [4.78, 5) is 0. The highest BCUT2D eigenvalue weighted by atomic mass is 19.2. The summed E-state index contributed by atoms with van der Waals surface area (Å²) >= 11 is 0. The lowest BCUT2D eigenvalue weighted by atomic mass is 10.1. The summed E-state index contributed by atoms with van der Waals surface area (Å²) < 4.78 is 32.7. The second-order valence-electron chi connectivity index (χ2n) is 5.63. The Morgan fingerprint density at radius 2 is 1.73 bits per heavy atom. The zero-order valence-electron chi connectivity index (χ0n) is 14.8. The lowest BCUT2D eigenvalue weighted by Crippen LogP contribution is -2.00. The molecule has 0 aliphatic rings. The molecule has 0 N–H and O–H groups in total. The Hall–Kier alpha value is -2.82. The molecule has 3 nitrogen and oxygen atoms in total. The molecule has 136 valence electrons. The third kappa shape index (κ3) is 5.62.